The van der Waals surface area contributed by atoms with Crippen LogP contribution in [0.3, 0.4) is 0 Å². The number of nitrogens with two attached hydrogens (primary N) is 1. The van der Waals surface area contributed by atoms with E-state index in [0.29, 0.717) is 12.0 Å². The molecule has 0 radical (unpaired) electrons. The van der Waals surface area contributed by atoms with Gasteiger partial charge in [0.05, 0.1) is 18.2 Å². The summed E-state index contributed by atoms with van der Waals surface area (Å²) in [6.45, 7) is 1.09. The standard InChI is InChI=1S/C16H23NO/c18-16-9-5-4-8-14(16)15(17-11-10-16)12-13-6-2-1-3-7-13/h1-3,6-7,14-15,17-18H,4-5,8-12H2/p+1/t14-,15+,16-/m0/s1. The maximum atomic E-state index is 10.8. The molecule has 2 nitrogen and oxygen atoms in total. The Morgan fingerprint density at radius 3 is 2.83 bits per heavy atom. The SMILES string of the molecule is O[C@]12CCCC[C@H]1[C@@H](Cc1ccccc1)[NH2+]CC2. The molecule has 0 unspecified atom stereocenters. The Hall–Kier alpha value is -0.860. The predicted molar refractivity (Wildman–Crippen MR) is 72.3 cm³/mol. The molecule has 1 aliphatic heterocycles. The molecule has 98 valence electrons. The van der Waals surface area contributed by atoms with E-state index in [0.717, 1.165) is 25.8 Å². The van der Waals surface area contributed by atoms with Gasteiger partial charge in [-0.15, -0.1) is 0 Å². The topological polar surface area (TPSA) is 36.8 Å². The molecule has 1 aliphatic carbocycles. The van der Waals surface area contributed by atoms with Crippen LogP contribution < -0.4 is 5.32 Å². The van der Waals surface area contributed by atoms with Crippen molar-refractivity contribution in [3.63, 3.8) is 0 Å². The van der Waals surface area contributed by atoms with Gasteiger partial charge in [-0.2, -0.15) is 0 Å². The highest BCUT2D eigenvalue weighted by molar-refractivity contribution is 5.16. The number of quaternary nitrogens is 1. The Labute approximate surface area is 109 Å². The average Bonchev–Trinajstić information content (AvgIpc) is 2.39. The number of hydrogen-bond donors (Lipinski definition) is 2. The molecule has 1 aromatic carbocycles. The normalized spacial score (nSPS) is 36.1. The van der Waals surface area contributed by atoms with Crippen LogP contribution in [0.15, 0.2) is 30.3 Å². The first-order valence-electron chi connectivity index (χ1n) is 7.38. The van der Waals surface area contributed by atoms with E-state index in [2.05, 4.69) is 35.6 Å². The molecule has 3 atom stereocenters. The van der Waals surface area contributed by atoms with Gasteiger partial charge in [0.2, 0.25) is 0 Å². The lowest BCUT2D eigenvalue weighted by Gasteiger charge is -2.46. The van der Waals surface area contributed by atoms with Gasteiger partial charge in [0, 0.05) is 18.8 Å². The van der Waals surface area contributed by atoms with Crippen molar-refractivity contribution in [2.24, 2.45) is 5.92 Å². The molecule has 3 rings (SSSR count). The average molecular weight is 246 g/mol. The molecule has 1 heterocycles. The number of rotatable bonds is 2. The fourth-order valence-corrected chi connectivity index (χ4v) is 4.00. The second-order valence-corrected chi connectivity index (χ2v) is 6.08. The smallest absolute Gasteiger partial charge is 0.0956 e. The summed E-state index contributed by atoms with van der Waals surface area (Å²) in [5, 5.41) is 13.3. The van der Waals surface area contributed by atoms with Crippen LogP contribution in [0.1, 0.15) is 37.7 Å². The summed E-state index contributed by atoms with van der Waals surface area (Å²) in [6.07, 6.45) is 6.84. The van der Waals surface area contributed by atoms with Gasteiger partial charge in [-0.1, -0.05) is 43.2 Å². The first-order chi connectivity index (χ1) is 8.78. The Morgan fingerprint density at radius 1 is 1.17 bits per heavy atom. The van der Waals surface area contributed by atoms with Gasteiger partial charge in [0.25, 0.3) is 0 Å². The van der Waals surface area contributed by atoms with Gasteiger partial charge in [0.15, 0.2) is 0 Å². The number of hydrogen-bond acceptors (Lipinski definition) is 1. The van der Waals surface area contributed by atoms with Gasteiger partial charge < -0.3 is 10.4 Å². The second-order valence-electron chi connectivity index (χ2n) is 6.08. The molecule has 2 heteroatoms. The van der Waals surface area contributed by atoms with Crippen molar-refractivity contribution in [3.05, 3.63) is 35.9 Å². The zero-order valence-corrected chi connectivity index (χ0v) is 11.0. The molecule has 2 aliphatic rings. The van der Waals surface area contributed by atoms with Gasteiger partial charge in [0.1, 0.15) is 0 Å². The molecule has 2 fully saturated rings. The third-order valence-electron chi connectivity index (χ3n) is 4.94. The minimum atomic E-state index is -0.355. The third-order valence-corrected chi connectivity index (χ3v) is 4.94. The summed E-state index contributed by atoms with van der Waals surface area (Å²) in [5.74, 6) is 0.500. The maximum absolute atomic E-state index is 10.8. The largest absolute Gasteiger partial charge is 0.389 e. The molecule has 1 aromatic rings. The summed E-state index contributed by atoms with van der Waals surface area (Å²) < 4.78 is 0. The monoisotopic (exact) mass is 246 g/mol. The van der Waals surface area contributed by atoms with Gasteiger partial charge in [-0.25, -0.2) is 0 Å². The van der Waals surface area contributed by atoms with Crippen molar-refractivity contribution in [2.45, 2.75) is 50.2 Å². The van der Waals surface area contributed by atoms with E-state index in [1.807, 2.05) is 0 Å². The zero-order chi connectivity index (χ0) is 12.4. The Balaban J connectivity index is 1.75. The van der Waals surface area contributed by atoms with Crippen molar-refractivity contribution >= 4 is 0 Å². The minimum absolute atomic E-state index is 0.355. The van der Waals surface area contributed by atoms with E-state index in [4.69, 9.17) is 0 Å². The molecule has 1 saturated heterocycles. The van der Waals surface area contributed by atoms with Crippen LogP contribution in [-0.4, -0.2) is 23.3 Å². The predicted octanol–water partition coefficient (Wildman–Crippen LogP) is 1.49. The van der Waals surface area contributed by atoms with Crippen molar-refractivity contribution < 1.29 is 10.4 Å². The van der Waals surface area contributed by atoms with E-state index in [1.165, 1.54) is 24.8 Å². The van der Waals surface area contributed by atoms with Crippen molar-refractivity contribution in [1.29, 1.82) is 0 Å². The quantitative estimate of drug-likeness (QED) is 0.815. The second kappa shape index (κ2) is 5.02. The molecule has 3 N–H and O–H groups in total. The van der Waals surface area contributed by atoms with Gasteiger partial charge in [-0.3, -0.25) is 0 Å². The maximum Gasteiger partial charge on any atom is 0.0956 e. The summed E-state index contributed by atoms with van der Waals surface area (Å²) in [4.78, 5) is 0. The van der Waals surface area contributed by atoms with E-state index in [1.54, 1.807) is 0 Å². The van der Waals surface area contributed by atoms with Crippen LogP contribution in [0.4, 0.5) is 0 Å². The molecular weight excluding hydrogens is 222 g/mol. The lowest BCUT2D eigenvalue weighted by atomic mass is 9.67. The molecule has 18 heavy (non-hydrogen) atoms. The van der Waals surface area contributed by atoms with Gasteiger partial charge >= 0.3 is 0 Å². The molecule has 1 saturated carbocycles. The first-order valence-corrected chi connectivity index (χ1v) is 7.38. The Morgan fingerprint density at radius 2 is 2.00 bits per heavy atom. The molecule has 0 amide bonds. The van der Waals surface area contributed by atoms with Gasteiger partial charge in [-0.05, 0) is 18.4 Å². The molecule has 0 bridgehead atoms. The molecule has 0 spiro atoms. The highest BCUT2D eigenvalue weighted by Crippen LogP contribution is 2.39. The summed E-state index contributed by atoms with van der Waals surface area (Å²) in [5.41, 5.74) is 1.06. The van der Waals surface area contributed by atoms with E-state index >= 15 is 0 Å². The van der Waals surface area contributed by atoms with E-state index in [9.17, 15) is 5.11 Å². The van der Waals surface area contributed by atoms with Crippen molar-refractivity contribution in [2.75, 3.05) is 6.54 Å². The van der Waals surface area contributed by atoms with Crippen LogP contribution in [0.5, 0.6) is 0 Å². The van der Waals surface area contributed by atoms with Crippen LogP contribution in [0.2, 0.25) is 0 Å². The van der Waals surface area contributed by atoms with Crippen LogP contribution in [0, 0.1) is 5.92 Å². The van der Waals surface area contributed by atoms with Crippen LogP contribution >= 0.6 is 0 Å². The Kier molecular flexibility index (Phi) is 3.40. The van der Waals surface area contributed by atoms with E-state index in [-0.39, 0.29) is 5.60 Å². The van der Waals surface area contributed by atoms with Crippen molar-refractivity contribution in [1.82, 2.24) is 0 Å². The van der Waals surface area contributed by atoms with Crippen LogP contribution in [-0.2, 0) is 6.42 Å². The van der Waals surface area contributed by atoms with E-state index < -0.39 is 0 Å². The number of aliphatic hydroxyl groups is 1. The number of piperidine rings is 1. The molecular formula is C16H24NO+. The highest BCUT2D eigenvalue weighted by Gasteiger charge is 2.47. The summed E-state index contributed by atoms with van der Waals surface area (Å²) in [7, 11) is 0. The van der Waals surface area contributed by atoms with Crippen LogP contribution in [0.25, 0.3) is 0 Å². The fraction of sp³-hybridized carbons (Fsp3) is 0.625. The zero-order valence-electron chi connectivity index (χ0n) is 11.0. The number of benzene rings is 1. The first kappa shape index (κ1) is 12.2. The summed E-state index contributed by atoms with van der Waals surface area (Å²) >= 11 is 0. The third kappa shape index (κ3) is 2.32. The summed E-state index contributed by atoms with van der Waals surface area (Å²) in [6, 6.07) is 11.3. The fourth-order valence-electron chi connectivity index (χ4n) is 4.00. The number of fused-ring (bicyclic) bond motifs is 1. The van der Waals surface area contributed by atoms with Crippen molar-refractivity contribution in [3.8, 4) is 0 Å². The highest BCUT2D eigenvalue weighted by atomic mass is 16.3. The molecule has 0 aromatic heterocycles. The Bertz CT molecular complexity index is 387. The lowest BCUT2D eigenvalue weighted by Crippen LogP contribution is -2.96. The minimum Gasteiger partial charge on any atom is -0.389 e. The lowest BCUT2D eigenvalue weighted by molar-refractivity contribution is -0.712.